The van der Waals surface area contributed by atoms with Crippen LogP contribution in [-0.4, -0.2) is 28.1 Å². The first kappa shape index (κ1) is 19.9. The Morgan fingerprint density at radius 3 is 2.41 bits per heavy atom. The van der Waals surface area contributed by atoms with Crippen LogP contribution in [0.2, 0.25) is 0 Å². The van der Waals surface area contributed by atoms with Crippen LogP contribution in [0.3, 0.4) is 0 Å². The Morgan fingerprint density at radius 1 is 1.23 bits per heavy atom. The van der Waals surface area contributed by atoms with Crippen molar-refractivity contribution < 1.29 is 8.42 Å². The maximum atomic E-state index is 12.6. The Morgan fingerprint density at radius 2 is 1.82 bits per heavy atom. The monoisotopic (exact) mass is 410 g/mol. The lowest BCUT2D eigenvalue weighted by Crippen LogP contribution is -2.42. The van der Waals surface area contributed by atoms with Crippen molar-refractivity contribution in [3.05, 3.63) is 27.7 Å². The molecule has 1 aromatic rings. The van der Waals surface area contributed by atoms with Gasteiger partial charge < -0.3 is 5.32 Å². The molecular formula is C15H24BrClN2O2S. The van der Waals surface area contributed by atoms with Gasteiger partial charge in [0.1, 0.15) is 0 Å². The molecule has 0 atom stereocenters. The fourth-order valence-electron chi connectivity index (χ4n) is 2.60. The normalized spacial score (nSPS) is 17.8. The van der Waals surface area contributed by atoms with Gasteiger partial charge in [0.15, 0.2) is 0 Å². The van der Waals surface area contributed by atoms with Crippen LogP contribution < -0.4 is 10.0 Å². The zero-order chi connectivity index (χ0) is 15.7. The number of hydrogen-bond donors (Lipinski definition) is 2. The third kappa shape index (κ3) is 4.68. The van der Waals surface area contributed by atoms with Crippen LogP contribution in [-0.2, 0) is 10.0 Å². The van der Waals surface area contributed by atoms with Crippen LogP contribution in [0.25, 0.3) is 0 Å². The van der Waals surface area contributed by atoms with E-state index in [0.717, 1.165) is 41.5 Å². The SMILES string of the molecule is Cc1cc(S(=O)(=O)NCC2(C)CCNCC2)c(C)cc1Br.Cl. The highest BCUT2D eigenvalue weighted by molar-refractivity contribution is 9.10. The third-order valence-electron chi connectivity index (χ3n) is 4.25. The van der Waals surface area contributed by atoms with E-state index in [2.05, 4.69) is 32.9 Å². The average molecular weight is 412 g/mol. The van der Waals surface area contributed by atoms with Gasteiger partial charge in [-0.15, -0.1) is 12.4 Å². The Labute approximate surface area is 148 Å². The first-order chi connectivity index (χ1) is 9.73. The van der Waals surface area contributed by atoms with E-state index in [1.165, 1.54) is 0 Å². The molecule has 1 heterocycles. The summed E-state index contributed by atoms with van der Waals surface area (Å²) in [6, 6.07) is 3.59. The molecule has 1 aliphatic heterocycles. The molecular weight excluding hydrogens is 388 g/mol. The number of sulfonamides is 1. The summed E-state index contributed by atoms with van der Waals surface area (Å²) in [5.74, 6) is 0. The molecule has 0 amide bonds. The van der Waals surface area contributed by atoms with Crippen molar-refractivity contribution in [1.82, 2.24) is 10.0 Å². The van der Waals surface area contributed by atoms with E-state index in [9.17, 15) is 8.42 Å². The third-order valence-corrected chi connectivity index (χ3v) is 6.64. The van der Waals surface area contributed by atoms with Crippen molar-refractivity contribution in [2.75, 3.05) is 19.6 Å². The zero-order valence-electron chi connectivity index (χ0n) is 13.2. The molecule has 0 spiro atoms. The minimum absolute atomic E-state index is 0. The Hall–Kier alpha value is -0.140. The van der Waals surface area contributed by atoms with E-state index in [-0.39, 0.29) is 17.8 Å². The molecule has 0 saturated carbocycles. The molecule has 1 aromatic carbocycles. The second-order valence-corrected chi connectivity index (χ2v) is 8.84. The molecule has 0 unspecified atom stereocenters. The highest BCUT2D eigenvalue weighted by Gasteiger charge is 2.29. The van der Waals surface area contributed by atoms with Crippen LogP contribution in [0.1, 0.15) is 30.9 Å². The molecule has 22 heavy (non-hydrogen) atoms. The van der Waals surface area contributed by atoms with E-state index in [1.807, 2.05) is 19.9 Å². The summed E-state index contributed by atoms with van der Waals surface area (Å²) in [6.45, 7) is 8.27. The van der Waals surface area contributed by atoms with Crippen LogP contribution in [0, 0.1) is 19.3 Å². The van der Waals surface area contributed by atoms with Gasteiger partial charge in [-0.25, -0.2) is 13.1 Å². The topological polar surface area (TPSA) is 58.2 Å². The highest BCUT2D eigenvalue weighted by Crippen LogP contribution is 2.28. The molecule has 4 nitrogen and oxygen atoms in total. The van der Waals surface area contributed by atoms with E-state index in [0.29, 0.717) is 11.4 Å². The minimum Gasteiger partial charge on any atom is -0.317 e. The predicted molar refractivity (Wildman–Crippen MR) is 96.3 cm³/mol. The second kappa shape index (κ2) is 7.62. The number of rotatable bonds is 4. The van der Waals surface area contributed by atoms with E-state index < -0.39 is 10.0 Å². The van der Waals surface area contributed by atoms with Crippen molar-refractivity contribution in [1.29, 1.82) is 0 Å². The first-order valence-electron chi connectivity index (χ1n) is 7.21. The maximum Gasteiger partial charge on any atom is 0.240 e. The number of aryl methyl sites for hydroxylation is 2. The van der Waals surface area contributed by atoms with Gasteiger partial charge in [-0.05, 0) is 68.5 Å². The zero-order valence-corrected chi connectivity index (χ0v) is 16.4. The van der Waals surface area contributed by atoms with Crippen LogP contribution in [0.4, 0.5) is 0 Å². The Balaban J connectivity index is 0.00000242. The summed E-state index contributed by atoms with van der Waals surface area (Å²) in [4.78, 5) is 0.376. The lowest BCUT2D eigenvalue weighted by atomic mass is 9.81. The summed E-state index contributed by atoms with van der Waals surface area (Å²) < 4.78 is 28.9. The summed E-state index contributed by atoms with van der Waals surface area (Å²) in [5, 5.41) is 3.31. The summed E-state index contributed by atoms with van der Waals surface area (Å²) in [5.41, 5.74) is 1.72. The lowest BCUT2D eigenvalue weighted by Gasteiger charge is -2.34. The van der Waals surface area contributed by atoms with Crippen molar-refractivity contribution in [3.8, 4) is 0 Å². The van der Waals surface area contributed by atoms with Gasteiger partial charge in [0, 0.05) is 11.0 Å². The minimum atomic E-state index is -3.46. The van der Waals surface area contributed by atoms with E-state index in [1.54, 1.807) is 6.07 Å². The summed E-state index contributed by atoms with van der Waals surface area (Å²) in [6.07, 6.45) is 1.99. The maximum absolute atomic E-state index is 12.6. The Kier molecular flexibility index (Phi) is 6.89. The van der Waals surface area contributed by atoms with Gasteiger partial charge in [-0.3, -0.25) is 0 Å². The van der Waals surface area contributed by atoms with Gasteiger partial charge in [0.05, 0.1) is 4.90 Å². The highest BCUT2D eigenvalue weighted by atomic mass is 79.9. The van der Waals surface area contributed by atoms with Gasteiger partial charge in [0.2, 0.25) is 10.0 Å². The standard InChI is InChI=1S/C15H23BrN2O2S.ClH/c1-11-9-14(12(2)8-13(11)16)21(19,20)18-10-15(3)4-6-17-7-5-15;/h8-9,17-18H,4-7,10H2,1-3H3;1H. The summed E-state index contributed by atoms with van der Waals surface area (Å²) >= 11 is 3.43. The van der Waals surface area contributed by atoms with E-state index in [4.69, 9.17) is 0 Å². The molecule has 0 bridgehead atoms. The molecule has 0 aliphatic carbocycles. The van der Waals surface area contributed by atoms with Gasteiger partial charge in [0.25, 0.3) is 0 Å². The van der Waals surface area contributed by atoms with Crippen LogP contribution in [0.5, 0.6) is 0 Å². The molecule has 1 saturated heterocycles. The molecule has 126 valence electrons. The largest absolute Gasteiger partial charge is 0.317 e. The molecule has 1 aliphatic rings. The van der Waals surface area contributed by atoms with Crippen molar-refractivity contribution in [2.24, 2.45) is 5.41 Å². The van der Waals surface area contributed by atoms with E-state index >= 15 is 0 Å². The van der Waals surface area contributed by atoms with Crippen LogP contribution >= 0.6 is 28.3 Å². The fourth-order valence-corrected chi connectivity index (χ4v) is 4.56. The Bertz CT molecular complexity index is 629. The first-order valence-corrected chi connectivity index (χ1v) is 9.48. The van der Waals surface area contributed by atoms with Crippen molar-refractivity contribution >= 4 is 38.4 Å². The molecule has 0 aromatic heterocycles. The lowest BCUT2D eigenvalue weighted by molar-refractivity contribution is 0.232. The van der Waals surface area contributed by atoms with Crippen molar-refractivity contribution in [2.45, 2.75) is 38.5 Å². The fraction of sp³-hybridized carbons (Fsp3) is 0.600. The second-order valence-electron chi connectivity index (χ2n) is 6.25. The van der Waals surface area contributed by atoms with Crippen LogP contribution in [0.15, 0.2) is 21.5 Å². The smallest absolute Gasteiger partial charge is 0.240 e. The molecule has 2 N–H and O–H groups in total. The average Bonchev–Trinajstić information content (AvgIpc) is 2.42. The number of hydrogen-bond acceptors (Lipinski definition) is 3. The number of halogens is 2. The quantitative estimate of drug-likeness (QED) is 0.800. The number of nitrogens with one attached hydrogen (secondary N) is 2. The number of benzene rings is 1. The molecule has 0 radical (unpaired) electrons. The van der Waals surface area contributed by atoms with Gasteiger partial charge in [-0.2, -0.15) is 0 Å². The predicted octanol–water partition coefficient (Wildman–Crippen LogP) is 3.16. The van der Waals surface area contributed by atoms with Crippen molar-refractivity contribution in [3.63, 3.8) is 0 Å². The van der Waals surface area contributed by atoms with Gasteiger partial charge >= 0.3 is 0 Å². The summed E-state index contributed by atoms with van der Waals surface area (Å²) in [7, 11) is -3.46. The number of piperidine rings is 1. The molecule has 2 rings (SSSR count). The van der Waals surface area contributed by atoms with Gasteiger partial charge in [-0.1, -0.05) is 22.9 Å². The molecule has 7 heteroatoms. The molecule has 1 fully saturated rings.